The third-order valence-corrected chi connectivity index (χ3v) is 6.66. The van der Waals surface area contributed by atoms with Gasteiger partial charge in [0.2, 0.25) is 0 Å². The number of benzene rings is 1. The Bertz CT molecular complexity index is 777. The van der Waals surface area contributed by atoms with Crippen molar-refractivity contribution in [2.24, 2.45) is 0 Å². The highest BCUT2D eigenvalue weighted by Crippen LogP contribution is 2.33. The van der Waals surface area contributed by atoms with Crippen LogP contribution in [0.5, 0.6) is 0 Å². The lowest BCUT2D eigenvalue weighted by Crippen LogP contribution is -2.42. The van der Waals surface area contributed by atoms with Gasteiger partial charge in [-0.15, -0.1) is 24.2 Å². The average molecular weight is 408 g/mol. The van der Waals surface area contributed by atoms with Crippen LogP contribution in [0, 0.1) is 13.8 Å². The van der Waals surface area contributed by atoms with Crippen LogP contribution < -0.4 is 5.32 Å². The molecule has 146 valence electrons. The van der Waals surface area contributed by atoms with Crippen molar-refractivity contribution in [3.63, 3.8) is 0 Å². The van der Waals surface area contributed by atoms with Crippen molar-refractivity contribution in [3.05, 3.63) is 46.8 Å². The Labute approximate surface area is 170 Å². The highest BCUT2D eigenvalue weighted by atomic mass is 35.5. The maximum atomic E-state index is 13.4. The quantitative estimate of drug-likeness (QED) is 0.777. The third kappa shape index (κ3) is 4.03. The molecule has 3 heterocycles. The fourth-order valence-electron chi connectivity index (χ4n) is 4.08. The molecular formula is C20H26ClN3O2S. The largest absolute Gasteiger partial charge is 0.361 e. The maximum absolute atomic E-state index is 13.4. The zero-order valence-corrected chi connectivity index (χ0v) is 17.4. The summed E-state index contributed by atoms with van der Waals surface area (Å²) in [7, 11) is 0. The van der Waals surface area contributed by atoms with E-state index in [2.05, 4.69) is 15.4 Å². The minimum Gasteiger partial charge on any atom is -0.361 e. The van der Waals surface area contributed by atoms with E-state index >= 15 is 0 Å². The molecule has 27 heavy (non-hydrogen) atoms. The molecule has 0 spiro atoms. The molecular weight excluding hydrogens is 382 g/mol. The normalized spacial score (nSPS) is 21.6. The standard InChI is InChI=1S/C20H25N3O2S.ClH/c1-13-18(14(2)25-22-13)12-26-19-6-4-3-5-17(19)20(24)23-15-7-8-16(23)11-21-10-9-15;/h3-6,15-16,21H,7-12H2,1-2H3;1H. The van der Waals surface area contributed by atoms with E-state index in [0.717, 1.165) is 65.6 Å². The molecule has 1 aromatic heterocycles. The Hall–Kier alpha value is -1.50. The molecule has 0 saturated carbocycles. The second kappa shape index (κ2) is 8.67. The predicted molar refractivity (Wildman–Crippen MR) is 110 cm³/mol. The summed E-state index contributed by atoms with van der Waals surface area (Å²) in [6, 6.07) is 8.69. The highest BCUT2D eigenvalue weighted by molar-refractivity contribution is 7.98. The van der Waals surface area contributed by atoms with Crippen LogP contribution >= 0.6 is 24.2 Å². The Morgan fingerprint density at radius 1 is 1.26 bits per heavy atom. The lowest BCUT2D eigenvalue weighted by atomic mass is 10.1. The van der Waals surface area contributed by atoms with Crippen molar-refractivity contribution in [2.45, 2.75) is 55.8 Å². The summed E-state index contributed by atoms with van der Waals surface area (Å²) in [5.41, 5.74) is 2.87. The van der Waals surface area contributed by atoms with Gasteiger partial charge in [0.1, 0.15) is 5.76 Å². The molecule has 2 saturated heterocycles. The number of amides is 1. The molecule has 0 radical (unpaired) electrons. The number of hydrogen-bond acceptors (Lipinski definition) is 5. The summed E-state index contributed by atoms with van der Waals surface area (Å²) >= 11 is 1.69. The van der Waals surface area contributed by atoms with Gasteiger partial charge >= 0.3 is 0 Å². The molecule has 2 aromatic rings. The third-order valence-electron chi connectivity index (χ3n) is 5.56. The van der Waals surface area contributed by atoms with Crippen molar-refractivity contribution < 1.29 is 9.32 Å². The van der Waals surface area contributed by atoms with Crippen LogP contribution in [-0.2, 0) is 5.75 Å². The van der Waals surface area contributed by atoms with Crippen LogP contribution in [0.1, 0.15) is 46.6 Å². The van der Waals surface area contributed by atoms with Gasteiger partial charge in [-0.1, -0.05) is 17.3 Å². The van der Waals surface area contributed by atoms with Crippen LogP contribution in [0.15, 0.2) is 33.7 Å². The molecule has 1 N–H and O–H groups in total. The van der Waals surface area contributed by atoms with E-state index in [1.165, 1.54) is 0 Å². The van der Waals surface area contributed by atoms with Crippen molar-refractivity contribution >= 4 is 30.1 Å². The maximum Gasteiger partial charge on any atom is 0.255 e. The SMILES string of the molecule is Cc1noc(C)c1CSc1ccccc1C(=O)N1C2CCNCC1CC2.Cl. The van der Waals surface area contributed by atoms with E-state index in [1.54, 1.807) is 11.8 Å². The number of thioether (sulfide) groups is 1. The van der Waals surface area contributed by atoms with Crippen LogP contribution in [-0.4, -0.2) is 41.1 Å². The summed E-state index contributed by atoms with van der Waals surface area (Å²) in [4.78, 5) is 16.6. The number of carbonyl (C=O) groups is 1. The van der Waals surface area contributed by atoms with Gasteiger partial charge in [-0.05, 0) is 51.8 Å². The molecule has 0 aliphatic carbocycles. The minimum absolute atomic E-state index is 0. The van der Waals surface area contributed by atoms with E-state index in [0.29, 0.717) is 12.1 Å². The molecule has 1 aromatic carbocycles. The summed E-state index contributed by atoms with van der Waals surface area (Å²) in [5, 5.41) is 7.50. The van der Waals surface area contributed by atoms with E-state index in [9.17, 15) is 4.79 Å². The Balaban J connectivity index is 0.00000210. The molecule has 2 unspecified atom stereocenters. The summed E-state index contributed by atoms with van der Waals surface area (Å²) < 4.78 is 5.26. The smallest absolute Gasteiger partial charge is 0.255 e. The number of hydrogen-bond donors (Lipinski definition) is 1. The van der Waals surface area contributed by atoms with Gasteiger partial charge in [0.15, 0.2) is 0 Å². The fraction of sp³-hybridized carbons (Fsp3) is 0.500. The lowest BCUT2D eigenvalue weighted by molar-refractivity contribution is 0.0676. The highest BCUT2D eigenvalue weighted by Gasteiger charge is 2.38. The van der Waals surface area contributed by atoms with E-state index in [4.69, 9.17) is 4.52 Å². The first-order valence-electron chi connectivity index (χ1n) is 9.32. The van der Waals surface area contributed by atoms with Crippen LogP contribution in [0.4, 0.5) is 0 Å². The van der Waals surface area contributed by atoms with Gasteiger partial charge in [-0.25, -0.2) is 0 Å². The molecule has 4 rings (SSSR count). The van der Waals surface area contributed by atoms with Gasteiger partial charge in [-0.3, -0.25) is 4.79 Å². The molecule has 2 atom stereocenters. The van der Waals surface area contributed by atoms with E-state index in [-0.39, 0.29) is 18.3 Å². The summed E-state index contributed by atoms with van der Waals surface area (Å²) in [6.07, 6.45) is 3.29. The molecule has 1 amide bonds. The molecule has 2 bridgehead atoms. The van der Waals surface area contributed by atoms with Gasteiger partial charge < -0.3 is 14.7 Å². The monoisotopic (exact) mass is 407 g/mol. The number of halogens is 1. The molecule has 5 nitrogen and oxygen atoms in total. The number of aryl methyl sites for hydroxylation is 2. The topological polar surface area (TPSA) is 58.4 Å². The average Bonchev–Trinajstić information content (AvgIpc) is 3.10. The number of fused-ring (bicyclic) bond motifs is 2. The minimum atomic E-state index is 0. The predicted octanol–water partition coefficient (Wildman–Crippen LogP) is 3.97. The zero-order chi connectivity index (χ0) is 18.1. The molecule has 2 aliphatic rings. The first-order chi connectivity index (χ1) is 12.6. The van der Waals surface area contributed by atoms with Crippen molar-refractivity contribution in [3.8, 4) is 0 Å². The van der Waals surface area contributed by atoms with E-state index < -0.39 is 0 Å². The number of rotatable bonds is 4. The molecule has 2 fully saturated rings. The van der Waals surface area contributed by atoms with Gasteiger partial charge in [0.05, 0.1) is 11.3 Å². The zero-order valence-electron chi connectivity index (χ0n) is 15.7. The van der Waals surface area contributed by atoms with Crippen LogP contribution in [0.3, 0.4) is 0 Å². The first-order valence-corrected chi connectivity index (χ1v) is 10.3. The van der Waals surface area contributed by atoms with Gasteiger partial charge in [0, 0.05) is 34.8 Å². The second-order valence-electron chi connectivity index (χ2n) is 7.18. The first kappa shape index (κ1) is 20.2. The lowest BCUT2D eigenvalue weighted by Gasteiger charge is -2.28. The summed E-state index contributed by atoms with van der Waals surface area (Å²) in [6.45, 7) is 5.82. The van der Waals surface area contributed by atoms with Crippen molar-refractivity contribution in [2.75, 3.05) is 13.1 Å². The summed E-state index contributed by atoms with van der Waals surface area (Å²) in [5.74, 6) is 1.80. The van der Waals surface area contributed by atoms with E-state index in [1.807, 2.05) is 38.1 Å². The van der Waals surface area contributed by atoms with Crippen LogP contribution in [0.2, 0.25) is 0 Å². The Morgan fingerprint density at radius 2 is 2.04 bits per heavy atom. The fourth-order valence-corrected chi connectivity index (χ4v) is 5.28. The number of aromatic nitrogens is 1. The van der Waals surface area contributed by atoms with Crippen molar-refractivity contribution in [1.29, 1.82) is 0 Å². The van der Waals surface area contributed by atoms with Crippen LogP contribution in [0.25, 0.3) is 0 Å². The Morgan fingerprint density at radius 3 is 2.81 bits per heavy atom. The van der Waals surface area contributed by atoms with Gasteiger partial charge in [0.25, 0.3) is 5.91 Å². The molecule has 2 aliphatic heterocycles. The number of nitrogens with one attached hydrogen (secondary N) is 1. The Kier molecular flexibility index (Phi) is 6.50. The van der Waals surface area contributed by atoms with Gasteiger partial charge in [-0.2, -0.15) is 0 Å². The number of nitrogens with zero attached hydrogens (tertiary/aromatic N) is 2. The number of carbonyl (C=O) groups excluding carboxylic acids is 1. The second-order valence-corrected chi connectivity index (χ2v) is 8.19. The molecule has 7 heteroatoms. The van der Waals surface area contributed by atoms with Crippen molar-refractivity contribution in [1.82, 2.24) is 15.4 Å².